The van der Waals surface area contributed by atoms with Gasteiger partial charge in [-0.2, -0.15) is 0 Å². The lowest BCUT2D eigenvalue weighted by Gasteiger charge is -2.19. The van der Waals surface area contributed by atoms with Gasteiger partial charge in [-0.3, -0.25) is 0 Å². The molecule has 0 spiro atoms. The number of halogens is 1. The van der Waals surface area contributed by atoms with Gasteiger partial charge in [-0.25, -0.2) is 4.68 Å². The van der Waals surface area contributed by atoms with Crippen LogP contribution in [0.5, 0.6) is 0 Å². The van der Waals surface area contributed by atoms with Gasteiger partial charge in [0.05, 0.1) is 11.7 Å². The molecule has 1 aromatic heterocycles. The molecule has 2 aromatic rings. The standard InChI is InChI=1S/C15H21BrN4/c1-4-10-17-13(14-15(16)18-19-20(14)3)12-8-6-11(5-2)7-9-12/h6-9,13,17H,4-5,10H2,1-3H3. The van der Waals surface area contributed by atoms with E-state index in [1.807, 2.05) is 11.7 Å². The minimum absolute atomic E-state index is 0.107. The van der Waals surface area contributed by atoms with Crippen molar-refractivity contribution in [1.82, 2.24) is 20.3 Å². The molecule has 108 valence electrons. The molecule has 0 radical (unpaired) electrons. The number of nitrogens with zero attached hydrogens (tertiary/aromatic N) is 3. The van der Waals surface area contributed by atoms with Crippen molar-refractivity contribution in [2.75, 3.05) is 6.54 Å². The Morgan fingerprint density at radius 1 is 1.25 bits per heavy atom. The van der Waals surface area contributed by atoms with Gasteiger partial charge in [0.2, 0.25) is 0 Å². The molecule has 1 heterocycles. The van der Waals surface area contributed by atoms with Crippen molar-refractivity contribution in [2.45, 2.75) is 32.7 Å². The second-order valence-electron chi connectivity index (χ2n) is 4.87. The number of hydrogen-bond donors (Lipinski definition) is 1. The van der Waals surface area contributed by atoms with E-state index in [4.69, 9.17) is 0 Å². The third-order valence-electron chi connectivity index (χ3n) is 3.42. The lowest BCUT2D eigenvalue weighted by atomic mass is 10.0. The summed E-state index contributed by atoms with van der Waals surface area (Å²) in [5, 5.41) is 11.8. The molecular formula is C15H21BrN4. The zero-order valence-corrected chi connectivity index (χ0v) is 13.8. The first-order valence-electron chi connectivity index (χ1n) is 7.04. The van der Waals surface area contributed by atoms with Crippen LogP contribution < -0.4 is 5.32 Å². The predicted molar refractivity (Wildman–Crippen MR) is 84.7 cm³/mol. The second-order valence-corrected chi connectivity index (χ2v) is 5.62. The maximum absolute atomic E-state index is 4.09. The monoisotopic (exact) mass is 336 g/mol. The number of rotatable bonds is 6. The number of aryl methyl sites for hydroxylation is 2. The summed E-state index contributed by atoms with van der Waals surface area (Å²) in [7, 11) is 1.92. The Hall–Kier alpha value is -1.20. The summed E-state index contributed by atoms with van der Waals surface area (Å²) in [5.41, 5.74) is 3.65. The van der Waals surface area contributed by atoms with E-state index in [1.165, 1.54) is 11.1 Å². The van der Waals surface area contributed by atoms with Crippen molar-refractivity contribution in [1.29, 1.82) is 0 Å². The highest BCUT2D eigenvalue weighted by Gasteiger charge is 2.21. The Labute approximate surface area is 128 Å². The maximum atomic E-state index is 4.09. The molecule has 0 aliphatic rings. The van der Waals surface area contributed by atoms with Crippen LogP contribution in [0.15, 0.2) is 28.9 Å². The third kappa shape index (κ3) is 3.27. The maximum Gasteiger partial charge on any atom is 0.153 e. The lowest BCUT2D eigenvalue weighted by Crippen LogP contribution is -2.25. The van der Waals surface area contributed by atoms with Gasteiger partial charge < -0.3 is 5.32 Å². The minimum atomic E-state index is 0.107. The predicted octanol–water partition coefficient (Wildman–Crippen LogP) is 3.23. The van der Waals surface area contributed by atoms with Crippen LogP contribution in [0.4, 0.5) is 0 Å². The Morgan fingerprint density at radius 2 is 1.95 bits per heavy atom. The number of hydrogen-bond acceptors (Lipinski definition) is 3. The largest absolute Gasteiger partial charge is 0.305 e. The van der Waals surface area contributed by atoms with E-state index in [0.717, 1.165) is 29.7 Å². The van der Waals surface area contributed by atoms with Crippen molar-refractivity contribution in [2.24, 2.45) is 7.05 Å². The van der Waals surface area contributed by atoms with Gasteiger partial charge in [0.25, 0.3) is 0 Å². The summed E-state index contributed by atoms with van der Waals surface area (Å²) < 4.78 is 2.62. The van der Waals surface area contributed by atoms with Crippen molar-refractivity contribution in [3.63, 3.8) is 0 Å². The first kappa shape index (κ1) is 15.2. The topological polar surface area (TPSA) is 42.7 Å². The average molecular weight is 337 g/mol. The molecule has 0 saturated heterocycles. The zero-order valence-electron chi connectivity index (χ0n) is 12.2. The van der Waals surface area contributed by atoms with Gasteiger partial charge in [-0.05, 0) is 46.4 Å². The van der Waals surface area contributed by atoms with Crippen LogP contribution in [0.1, 0.15) is 43.1 Å². The van der Waals surface area contributed by atoms with E-state index in [1.54, 1.807) is 0 Å². The molecule has 0 aliphatic heterocycles. The fourth-order valence-electron chi connectivity index (χ4n) is 2.25. The number of benzene rings is 1. The smallest absolute Gasteiger partial charge is 0.153 e. The molecule has 1 aromatic carbocycles. The molecular weight excluding hydrogens is 316 g/mol. The van der Waals surface area contributed by atoms with Crippen molar-refractivity contribution < 1.29 is 0 Å². The summed E-state index contributed by atoms with van der Waals surface area (Å²) in [6.07, 6.45) is 2.15. The first-order chi connectivity index (χ1) is 9.67. The second kappa shape index (κ2) is 6.99. The Balaban J connectivity index is 2.36. The van der Waals surface area contributed by atoms with Crippen LogP contribution in [0.3, 0.4) is 0 Å². The van der Waals surface area contributed by atoms with E-state index in [2.05, 4.69) is 69.7 Å². The lowest BCUT2D eigenvalue weighted by molar-refractivity contribution is 0.549. The van der Waals surface area contributed by atoms with Crippen LogP contribution in [-0.4, -0.2) is 21.5 Å². The summed E-state index contributed by atoms with van der Waals surface area (Å²) in [5.74, 6) is 0. The van der Waals surface area contributed by atoms with E-state index in [9.17, 15) is 0 Å². The normalized spacial score (nSPS) is 12.6. The Kier molecular flexibility index (Phi) is 5.31. The van der Waals surface area contributed by atoms with Gasteiger partial charge in [-0.15, -0.1) is 5.10 Å². The number of nitrogens with one attached hydrogen (secondary N) is 1. The number of aromatic nitrogens is 3. The molecule has 4 nitrogen and oxygen atoms in total. The minimum Gasteiger partial charge on any atom is -0.305 e. The van der Waals surface area contributed by atoms with Crippen molar-refractivity contribution in [3.8, 4) is 0 Å². The molecule has 1 unspecified atom stereocenters. The van der Waals surface area contributed by atoms with Gasteiger partial charge in [0.1, 0.15) is 0 Å². The summed E-state index contributed by atoms with van der Waals surface area (Å²) >= 11 is 3.50. The average Bonchev–Trinajstić information content (AvgIpc) is 2.80. The molecule has 0 aliphatic carbocycles. The molecule has 20 heavy (non-hydrogen) atoms. The summed E-state index contributed by atoms with van der Waals surface area (Å²) in [4.78, 5) is 0. The van der Waals surface area contributed by atoms with E-state index in [0.29, 0.717) is 0 Å². The molecule has 0 saturated carbocycles. The fourth-order valence-corrected chi connectivity index (χ4v) is 2.81. The molecule has 5 heteroatoms. The van der Waals surface area contributed by atoms with Crippen LogP contribution >= 0.6 is 15.9 Å². The molecule has 0 amide bonds. The molecule has 0 bridgehead atoms. The first-order valence-corrected chi connectivity index (χ1v) is 7.84. The fraction of sp³-hybridized carbons (Fsp3) is 0.467. The Morgan fingerprint density at radius 3 is 2.45 bits per heavy atom. The van der Waals surface area contributed by atoms with Crippen LogP contribution in [0.25, 0.3) is 0 Å². The highest BCUT2D eigenvalue weighted by Crippen LogP contribution is 2.27. The van der Waals surface area contributed by atoms with Gasteiger partial charge in [-0.1, -0.05) is 43.3 Å². The van der Waals surface area contributed by atoms with Crippen molar-refractivity contribution in [3.05, 3.63) is 45.7 Å². The van der Waals surface area contributed by atoms with Crippen LogP contribution in [0, 0.1) is 0 Å². The molecule has 2 rings (SSSR count). The SMILES string of the molecule is CCCNC(c1ccc(CC)cc1)c1c(Br)nnn1C. The van der Waals surface area contributed by atoms with E-state index < -0.39 is 0 Å². The summed E-state index contributed by atoms with van der Waals surface area (Å²) in [6.45, 7) is 5.29. The van der Waals surface area contributed by atoms with Crippen molar-refractivity contribution >= 4 is 15.9 Å². The van der Waals surface area contributed by atoms with E-state index in [-0.39, 0.29) is 6.04 Å². The molecule has 1 atom stereocenters. The van der Waals surface area contributed by atoms with Gasteiger partial charge >= 0.3 is 0 Å². The highest BCUT2D eigenvalue weighted by atomic mass is 79.9. The molecule has 0 fully saturated rings. The van der Waals surface area contributed by atoms with Gasteiger partial charge in [0.15, 0.2) is 4.60 Å². The summed E-state index contributed by atoms with van der Waals surface area (Å²) in [6, 6.07) is 8.86. The Bertz CT molecular complexity index is 528. The highest BCUT2D eigenvalue weighted by molar-refractivity contribution is 9.10. The van der Waals surface area contributed by atoms with Crippen LogP contribution in [-0.2, 0) is 13.5 Å². The molecule has 1 N–H and O–H groups in total. The third-order valence-corrected chi connectivity index (χ3v) is 3.98. The van der Waals surface area contributed by atoms with Gasteiger partial charge in [0, 0.05) is 7.05 Å². The zero-order chi connectivity index (χ0) is 14.5. The quantitative estimate of drug-likeness (QED) is 0.880. The van der Waals surface area contributed by atoms with Crippen LogP contribution in [0.2, 0.25) is 0 Å². The van der Waals surface area contributed by atoms with E-state index >= 15 is 0 Å².